The van der Waals surface area contributed by atoms with Crippen LogP contribution >= 0.6 is 0 Å². The van der Waals surface area contributed by atoms with Crippen LogP contribution in [0.1, 0.15) is 50.5 Å². The zero-order valence-corrected chi connectivity index (χ0v) is 15.6. The Hall–Kier alpha value is -2.43. The van der Waals surface area contributed by atoms with Crippen molar-refractivity contribution in [3.8, 4) is 0 Å². The molecule has 0 spiro atoms. The number of nitrogens with zero attached hydrogens (tertiary/aromatic N) is 1. The number of amides is 1. The molecule has 4 atom stereocenters. The van der Waals surface area contributed by atoms with Gasteiger partial charge < -0.3 is 10.1 Å². The van der Waals surface area contributed by atoms with Gasteiger partial charge in [0.05, 0.1) is 5.52 Å². The van der Waals surface area contributed by atoms with Crippen LogP contribution in [0.5, 0.6) is 0 Å². The molecule has 138 valence electrons. The summed E-state index contributed by atoms with van der Waals surface area (Å²) in [5.41, 5.74) is 0.937. The van der Waals surface area contributed by atoms with Crippen LogP contribution in [0.3, 0.4) is 0 Å². The molecule has 26 heavy (non-hydrogen) atoms. The fourth-order valence-electron chi connectivity index (χ4n) is 3.54. The van der Waals surface area contributed by atoms with Crippen molar-refractivity contribution in [2.24, 2.45) is 11.8 Å². The van der Waals surface area contributed by atoms with Crippen LogP contribution in [0.2, 0.25) is 0 Å². The molecule has 1 amide bonds. The average Bonchev–Trinajstić information content (AvgIpc) is 2.64. The van der Waals surface area contributed by atoms with Crippen molar-refractivity contribution in [2.45, 2.75) is 52.2 Å². The van der Waals surface area contributed by atoms with Crippen molar-refractivity contribution in [1.29, 1.82) is 0 Å². The highest BCUT2D eigenvalue weighted by Crippen LogP contribution is 2.29. The maximum atomic E-state index is 12.4. The first-order valence-corrected chi connectivity index (χ1v) is 9.33. The number of aromatic nitrogens is 1. The fraction of sp³-hybridized carbons (Fsp3) is 0.476. The van der Waals surface area contributed by atoms with E-state index in [0.29, 0.717) is 11.8 Å². The van der Waals surface area contributed by atoms with Gasteiger partial charge in [0.2, 0.25) is 0 Å². The number of nitrogens with one attached hydrogen (secondary N) is 1. The third kappa shape index (κ3) is 4.03. The second-order valence-corrected chi connectivity index (χ2v) is 7.32. The number of fused-ring (bicyclic) bond motifs is 1. The van der Waals surface area contributed by atoms with Crippen LogP contribution in [0.15, 0.2) is 36.4 Å². The highest BCUT2D eigenvalue weighted by Gasteiger charge is 2.30. The van der Waals surface area contributed by atoms with Gasteiger partial charge in [-0.05, 0) is 37.3 Å². The fourth-order valence-corrected chi connectivity index (χ4v) is 3.54. The molecule has 1 aliphatic carbocycles. The number of rotatable bonds is 4. The lowest BCUT2D eigenvalue weighted by molar-refractivity contribution is -0.130. The number of carbonyl (C=O) groups is 2. The van der Waals surface area contributed by atoms with Crippen LogP contribution in [0.25, 0.3) is 10.9 Å². The molecule has 0 radical (unpaired) electrons. The molecule has 1 fully saturated rings. The zero-order chi connectivity index (χ0) is 18.7. The predicted molar refractivity (Wildman–Crippen MR) is 101 cm³/mol. The van der Waals surface area contributed by atoms with Crippen LogP contribution in [0.4, 0.5) is 0 Å². The van der Waals surface area contributed by atoms with Crippen molar-refractivity contribution in [1.82, 2.24) is 10.3 Å². The van der Waals surface area contributed by atoms with Crippen LogP contribution in [0, 0.1) is 11.8 Å². The second-order valence-electron chi connectivity index (χ2n) is 7.32. The Morgan fingerprint density at radius 1 is 1.15 bits per heavy atom. The summed E-state index contributed by atoms with van der Waals surface area (Å²) in [5, 5.41) is 4.00. The third-order valence-corrected chi connectivity index (χ3v) is 5.50. The van der Waals surface area contributed by atoms with Crippen molar-refractivity contribution >= 4 is 22.8 Å². The third-order valence-electron chi connectivity index (χ3n) is 5.50. The highest BCUT2D eigenvalue weighted by molar-refractivity contribution is 5.93. The van der Waals surface area contributed by atoms with Gasteiger partial charge in [0, 0.05) is 11.4 Å². The number of esters is 1. The van der Waals surface area contributed by atoms with Gasteiger partial charge in [-0.1, -0.05) is 51.0 Å². The molecule has 0 saturated heterocycles. The summed E-state index contributed by atoms with van der Waals surface area (Å²) in [5.74, 6) is 0.194. The normalized spacial score (nSPS) is 24.0. The Labute approximate surface area is 154 Å². The molecule has 5 heteroatoms. The van der Waals surface area contributed by atoms with Gasteiger partial charge in [0.15, 0.2) is 6.10 Å². The summed E-state index contributed by atoms with van der Waals surface area (Å²) in [6.07, 6.45) is 2.45. The van der Waals surface area contributed by atoms with E-state index < -0.39 is 12.1 Å². The average molecular weight is 354 g/mol. The zero-order valence-electron chi connectivity index (χ0n) is 15.6. The van der Waals surface area contributed by atoms with E-state index >= 15 is 0 Å². The van der Waals surface area contributed by atoms with Gasteiger partial charge in [-0.15, -0.1) is 0 Å². The first kappa shape index (κ1) is 18.4. The van der Waals surface area contributed by atoms with E-state index in [2.05, 4.69) is 24.1 Å². The van der Waals surface area contributed by atoms with E-state index in [1.807, 2.05) is 30.3 Å². The molecule has 2 aromatic rings. The number of ether oxygens (including phenoxy) is 1. The Kier molecular flexibility index (Phi) is 5.55. The quantitative estimate of drug-likeness (QED) is 0.850. The molecule has 5 nitrogen and oxygen atoms in total. The van der Waals surface area contributed by atoms with E-state index in [-0.39, 0.29) is 17.6 Å². The van der Waals surface area contributed by atoms with E-state index in [1.54, 1.807) is 13.0 Å². The molecule has 3 rings (SSSR count). The largest absolute Gasteiger partial charge is 0.448 e. The molecule has 1 heterocycles. The Balaban J connectivity index is 1.61. The molecular formula is C21H26N2O3. The van der Waals surface area contributed by atoms with E-state index in [0.717, 1.165) is 23.7 Å². The van der Waals surface area contributed by atoms with Crippen LogP contribution in [-0.2, 0) is 9.53 Å². The smallest absolute Gasteiger partial charge is 0.357 e. The van der Waals surface area contributed by atoms with Gasteiger partial charge in [0.1, 0.15) is 5.69 Å². The maximum Gasteiger partial charge on any atom is 0.357 e. The van der Waals surface area contributed by atoms with Crippen molar-refractivity contribution in [3.05, 3.63) is 42.1 Å². The molecule has 1 aromatic carbocycles. The SMILES string of the molecule is C[C@@H]1[C@@H](C)CCC[C@H]1NC(=O)[C@@H](C)OC(=O)c1ccc2ccccc2n1. The second kappa shape index (κ2) is 7.85. The van der Waals surface area contributed by atoms with Gasteiger partial charge in [-0.3, -0.25) is 4.79 Å². The van der Waals surface area contributed by atoms with E-state index in [4.69, 9.17) is 4.74 Å². The van der Waals surface area contributed by atoms with E-state index in [1.165, 1.54) is 6.42 Å². The maximum absolute atomic E-state index is 12.4. The molecule has 0 bridgehead atoms. The van der Waals surface area contributed by atoms with Gasteiger partial charge >= 0.3 is 5.97 Å². The Morgan fingerprint density at radius 2 is 1.92 bits per heavy atom. The Bertz CT molecular complexity index is 805. The topological polar surface area (TPSA) is 68.3 Å². The lowest BCUT2D eigenvalue weighted by Gasteiger charge is -2.35. The predicted octanol–water partition coefficient (Wildman–Crippen LogP) is 3.72. The monoisotopic (exact) mass is 354 g/mol. The summed E-state index contributed by atoms with van der Waals surface area (Å²) < 4.78 is 5.34. The van der Waals surface area contributed by atoms with E-state index in [9.17, 15) is 9.59 Å². The van der Waals surface area contributed by atoms with Gasteiger partial charge in [-0.25, -0.2) is 9.78 Å². The molecular weight excluding hydrogens is 328 g/mol. The molecule has 1 aliphatic rings. The summed E-state index contributed by atoms with van der Waals surface area (Å²) in [6, 6.07) is 11.2. The summed E-state index contributed by atoms with van der Waals surface area (Å²) in [6.45, 7) is 5.99. The van der Waals surface area contributed by atoms with Crippen molar-refractivity contribution in [3.63, 3.8) is 0 Å². The minimum absolute atomic E-state index is 0.145. The number of hydrogen-bond donors (Lipinski definition) is 1. The van der Waals surface area contributed by atoms with Crippen molar-refractivity contribution < 1.29 is 14.3 Å². The molecule has 0 unspecified atom stereocenters. The lowest BCUT2D eigenvalue weighted by atomic mass is 9.78. The first-order valence-electron chi connectivity index (χ1n) is 9.33. The summed E-state index contributed by atoms with van der Waals surface area (Å²) >= 11 is 0. The Morgan fingerprint density at radius 3 is 2.73 bits per heavy atom. The van der Waals surface area contributed by atoms with Crippen LogP contribution in [-0.4, -0.2) is 29.0 Å². The van der Waals surface area contributed by atoms with Crippen LogP contribution < -0.4 is 5.32 Å². The standard InChI is InChI=1S/C21H26N2O3/c1-13-7-6-10-17(14(13)2)23-20(24)15(3)26-21(25)19-12-11-16-8-4-5-9-18(16)22-19/h4-5,8-9,11-15,17H,6-7,10H2,1-3H3,(H,23,24)/t13-,14+,15+,17+/m0/s1. The summed E-state index contributed by atoms with van der Waals surface area (Å²) in [4.78, 5) is 29.1. The van der Waals surface area contributed by atoms with Gasteiger partial charge in [-0.2, -0.15) is 0 Å². The minimum atomic E-state index is -0.847. The highest BCUT2D eigenvalue weighted by atomic mass is 16.5. The number of para-hydroxylation sites is 1. The number of carbonyl (C=O) groups excluding carboxylic acids is 2. The minimum Gasteiger partial charge on any atom is -0.448 e. The first-order chi connectivity index (χ1) is 12.5. The number of hydrogen-bond acceptors (Lipinski definition) is 4. The molecule has 1 saturated carbocycles. The number of pyridine rings is 1. The summed E-state index contributed by atoms with van der Waals surface area (Å²) in [7, 11) is 0. The molecule has 1 aromatic heterocycles. The van der Waals surface area contributed by atoms with Gasteiger partial charge in [0.25, 0.3) is 5.91 Å². The molecule has 0 aliphatic heterocycles. The molecule has 1 N–H and O–H groups in total. The number of benzene rings is 1. The van der Waals surface area contributed by atoms with Crippen molar-refractivity contribution in [2.75, 3.05) is 0 Å². The lowest BCUT2D eigenvalue weighted by Crippen LogP contribution is -2.47.